The lowest BCUT2D eigenvalue weighted by molar-refractivity contribution is -0.161. The molecule has 0 bridgehead atoms. The smallest absolute Gasteiger partial charge is 0.352 e. The number of aliphatic hydroxyl groups is 1. The van der Waals surface area contributed by atoms with Crippen LogP contribution in [0, 0.1) is 11.8 Å². The Hall–Kier alpha value is -1.66. The zero-order valence-electron chi connectivity index (χ0n) is 12.2. The third kappa shape index (κ3) is 2.10. The van der Waals surface area contributed by atoms with Crippen LogP contribution in [0.2, 0.25) is 0 Å². The number of carboxylic acid groups (broad SMARTS) is 1. The zero-order valence-corrected chi connectivity index (χ0v) is 12.2. The van der Waals surface area contributed by atoms with Crippen LogP contribution < -0.4 is 5.32 Å². The van der Waals surface area contributed by atoms with Crippen molar-refractivity contribution >= 4 is 11.9 Å². The van der Waals surface area contributed by atoms with E-state index in [-0.39, 0.29) is 17.6 Å². The summed E-state index contributed by atoms with van der Waals surface area (Å²) in [7, 11) is 0. The van der Waals surface area contributed by atoms with E-state index in [1.165, 1.54) is 4.90 Å². The van der Waals surface area contributed by atoms with Gasteiger partial charge in [0.15, 0.2) is 0 Å². The van der Waals surface area contributed by atoms with Gasteiger partial charge in [0.1, 0.15) is 5.70 Å². The summed E-state index contributed by atoms with van der Waals surface area (Å²) >= 11 is 0. The third-order valence-corrected chi connectivity index (χ3v) is 4.71. The predicted molar refractivity (Wildman–Crippen MR) is 75.2 cm³/mol. The molecule has 6 heteroatoms. The lowest BCUT2D eigenvalue weighted by Gasteiger charge is -2.44. The Kier molecular flexibility index (Phi) is 3.37. The number of aliphatic hydroxyl groups excluding tert-OH is 1. The first kappa shape index (κ1) is 14.3. The molecule has 0 aliphatic carbocycles. The molecule has 0 radical (unpaired) electrons. The fraction of sp³-hybridized carbons (Fsp3) is 0.600. The molecule has 6 nitrogen and oxygen atoms in total. The van der Waals surface area contributed by atoms with Crippen molar-refractivity contribution < 1.29 is 19.8 Å². The summed E-state index contributed by atoms with van der Waals surface area (Å²) in [6.45, 7) is 5.32. The zero-order chi connectivity index (χ0) is 15.3. The number of amides is 1. The van der Waals surface area contributed by atoms with Crippen LogP contribution in [0.25, 0.3) is 0 Å². The van der Waals surface area contributed by atoms with Crippen LogP contribution in [0.1, 0.15) is 20.3 Å². The van der Waals surface area contributed by atoms with E-state index in [9.17, 15) is 19.8 Å². The number of aliphatic carboxylic acids is 1. The van der Waals surface area contributed by atoms with Crippen molar-refractivity contribution in [1.29, 1.82) is 0 Å². The van der Waals surface area contributed by atoms with Gasteiger partial charge in [-0.25, -0.2) is 4.79 Å². The van der Waals surface area contributed by atoms with Crippen LogP contribution in [-0.2, 0) is 9.59 Å². The summed E-state index contributed by atoms with van der Waals surface area (Å²) in [6.07, 6.45) is 1.86. The van der Waals surface area contributed by atoms with E-state index >= 15 is 0 Å². The Balaban J connectivity index is 1.90. The molecule has 0 aromatic heterocycles. The normalized spacial score (nSPS) is 30.9. The summed E-state index contributed by atoms with van der Waals surface area (Å²) in [6, 6.07) is -0.207. The maximum Gasteiger partial charge on any atom is 0.352 e. The highest BCUT2D eigenvalue weighted by atomic mass is 16.4. The van der Waals surface area contributed by atoms with Gasteiger partial charge in [0.2, 0.25) is 5.91 Å². The molecular formula is C15H20N2O4. The van der Waals surface area contributed by atoms with Gasteiger partial charge in [-0.15, -0.1) is 0 Å². The van der Waals surface area contributed by atoms with Crippen LogP contribution in [0.4, 0.5) is 0 Å². The predicted octanol–water partition coefficient (Wildman–Crippen LogP) is 0.102. The van der Waals surface area contributed by atoms with Gasteiger partial charge in [0, 0.05) is 19.0 Å². The lowest BCUT2D eigenvalue weighted by atomic mass is 9.82. The Morgan fingerprint density at radius 1 is 1.48 bits per heavy atom. The molecule has 0 aromatic carbocycles. The highest BCUT2D eigenvalue weighted by Crippen LogP contribution is 2.45. The van der Waals surface area contributed by atoms with E-state index in [0.717, 1.165) is 24.2 Å². The van der Waals surface area contributed by atoms with Gasteiger partial charge < -0.3 is 20.4 Å². The van der Waals surface area contributed by atoms with Gasteiger partial charge in [-0.3, -0.25) is 4.79 Å². The van der Waals surface area contributed by atoms with Crippen LogP contribution in [-0.4, -0.2) is 52.2 Å². The number of carbonyl (C=O) groups excluding carboxylic acids is 1. The van der Waals surface area contributed by atoms with Gasteiger partial charge in [-0.05, 0) is 31.4 Å². The summed E-state index contributed by atoms with van der Waals surface area (Å²) in [5.41, 5.74) is 1.77. The second-order valence-corrected chi connectivity index (χ2v) is 6.15. The topological polar surface area (TPSA) is 89.9 Å². The number of carbonyl (C=O) groups is 2. The average Bonchev–Trinajstić information content (AvgIpc) is 2.68. The van der Waals surface area contributed by atoms with Crippen LogP contribution in [0.15, 0.2) is 22.9 Å². The van der Waals surface area contributed by atoms with Crippen molar-refractivity contribution in [2.75, 3.05) is 13.1 Å². The maximum atomic E-state index is 12.1. The van der Waals surface area contributed by atoms with E-state index in [4.69, 9.17) is 0 Å². The highest BCUT2D eigenvalue weighted by molar-refractivity contribution is 6.00. The van der Waals surface area contributed by atoms with Gasteiger partial charge in [0.05, 0.1) is 18.1 Å². The Morgan fingerprint density at radius 3 is 2.62 bits per heavy atom. The van der Waals surface area contributed by atoms with E-state index in [1.807, 2.05) is 6.92 Å². The molecule has 0 unspecified atom stereocenters. The summed E-state index contributed by atoms with van der Waals surface area (Å²) in [5.74, 6) is -1.39. The number of carboxylic acids is 1. The lowest BCUT2D eigenvalue weighted by Crippen LogP contribution is -2.61. The molecule has 3 aliphatic rings. The van der Waals surface area contributed by atoms with Crippen molar-refractivity contribution in [3.63, 3.8) is 0 Å². The Morgan fingerprint density at radius 2 is 2.14 bits per heavy atom. The second kappa shape index (κ2) is 4.96. The number of nitrogens with one attached hydrogen (secondary N) is 1. The Labute approximate surface area is 123 Å². The molecule has 3 aliphatic heterocycles. The standard InChI is InChI=1S/C15H20N2O4/c1-7(3-9-5-16-6-9)10-4-11-12(8(2)18)14(19)17(11)13(10)15(20)21/h3,8-9,11-12,16,18H,4-6H2,1-2H3,(H,20,21)/t8-,11-,12-/m1/s1. The fourth-order valence-electron chi connectivity index (χ4n) is 3.50. The van der Waals surface area contributed by atoms with E-state index in [0.29, 0.717) is 12.3 Å². The van der Waals surface area contributed by atoms with Gasteiger partial charge in [-0.1, -0.05) is 6.08 Å². The molecule has 0 spiro atoms. The second-order valence-electron chi connectivity index (χ2n) is 6.15. The molecule has 2 fully saturated rings. The molecular weight excluding hydrogens is 272 g/mol. The number of rotatable bonds is 4. The summed E-state index contributed by atoms with van der Waals surface area (Å²) in [5, 5.41) is 22.3. The third-order valence-electron chi connectivity index (χ3n) is 4.71. The molecule has 3 N–H and O–H groups in total. The number of fused-ring (bicyclic) bond motifs is 1. The molecule has 21 heavy (non-hydrogen) atoms. The molecule has 3 heterocycles. The van der Waals surface area contributed by atoms with E-state index < -0.39 is 18.0 Å². The minimum Gasteiger partial charge on any atom is -0.477 e. The van der Waals surface area contributed by atoms with Crippen molar-refractivity contribution in [1.82, 2.24) is 10.2 Å². The minimum absolute atomic E-state index is 0.0999. The van der Waals surface area contributed by atoms with Crippen LogP contribution in [0.5, 0.6) is 0 Å². The monoisotopic (exact) mass is 292 g/mol. The van der Waals surface area contributed by atoms with Gasteiger partial charge in [-0.2, -0.15) is 0 Å². The van der Waals surface area contributed by atoms with Crippen molar-refractivity contribution in [3.05, 3.63) is 22.9 Å². The molecule has 3 rings (SSSR count). The summed E-state index contributed by atoms with van der Waals surface area (Å²) in [4.78, 5) is 25.0. The number of hydrogen-bond acceptors (Lipinski definition) is 4. The molecule has 1 amide bonds. The first-order valence-corrected chi connectivity index (χ1v) is 7.29. The fourth-order valence-corrected chi connectivity index (χ4v) is 3.50. The molecule has 3 atom stereocenters. The highest BCUT2D eigenvalue weighted by Gasteiger charge is 2.56. The van der Waals surface area contributed by atoms with Crippen LogP contribution >= 0.6 is 0 Å². The van der Waals surface area contributed by atoms with Gasteiger partial charge >= 0.3 is 5.97 Å². The van der Waals surface area contributed by atoms with Crippen LogP contribution in [0.3, 0.4) is 0 Å². The molecule has 2 saturated heterocycles. The largest absolute Gasteiger partial charge is 0.477 e. The number of allylic oxidation sites excluding steroid dienone is 1. The van der Waals surface area contributed by atoms with Crippen molar-refractivity contribution in [3.8, 4) is 0 Å². The number of nitrogens with zero attached hydrogens (tertiary/aromatic N) is 1. The molecule has 0 aromatic rings. The SMILES string of the molecule is CC(=CC1CNC1)C1=C(C(=O)O)N2C(=O)[C@H]([C@@H](C)O)[C@H]2C1. The van der Waals surface area contributed by atoms with E-state index in [2.05, 4.69) is 11.4 Å². The quantitative estimate of drug-likeness (QED) is 0.640. The molecule has 114 valence electrons. The first-order valence-electron chi connectivity index (χ1n) is 7.29. The van der Waals surface area contributed by atoms with Gasteiger partial charge in [0.25, 0.3) is 0 Å². The van der Waals surface area contributed by atoms with E-state index in [1.54, 1.807) is 6.92 Å². The number of β-lactam (4-membered cyclic amide) rings is 1. The maximum absolute atomic E-state index is 12.1. The van der Waals surface area contributed by atoms with Crippen molar-refractivity contribution in [2.24, 2.45) is 11.8 Å². The summed E-state index contributed by atoms with van der Waals surface area (Å²) < 4.78 is 0. The molecule has 0 saturated carbocycles. The Bertz CT molecular complexity index is 560. The first-order chi connectivity index (χ1) is 9.91. The van der Waals surface area contributed by atoms with Crippen molar-refractivity contribution in [2.45, 2.75) is 32.4 Å². The average molecular weight is 292 g/mol. The minimum atomic E-state index is -1.07. The number of hydrogen-bond donors (Lipinski definition) is 3.